The Morgan fingerprint density at radius 3 is 2.73 bits per heavy atom. The molecule has 4 rings (SSSR count). The molecule has 5 nitrogen and oxygen atoms in total. The molecule has 0 aliphatic carbocycles. The normalized spacial score (nSPS) is 23.2. The molecule has 3 heterocycles. The lowest BCUT2D eigenvalue weighted by molar-refractivity contribution is -0.133. The third kappa shape index (κ3) is 2.82. The van der Waals surface area contributed by atoms with Gasteiger partial charge in [0, 0.05) is 23.0 Å². The van der Waals surface area contributed by atoms with Crippen molar-refractivity contribution in [2.45, 2.75) is 31.8 Å². The number of rotatable bonds is 4. The Kier molecular flexibility index (Phi) is 4.50. The zero-order valence-corrected chi connectivity index (χ0v) is 16.1. The van der Waals surface area contributed by atoms with E-state index >= 15 is 0 Å². The Morgan fingerprint density at radius 1 is 1.23 bits per heavy atom. The second-order valence-electron chi connectivity index (χ2n) is 6.74. The highest BCUT2D eigenvalue weighted by Gasteiger charge is 2.51. The van der Waals surface area contributed by atoms with Gasteiger partial charge in [-0.3, -0.25) is 9.69 Å². The summed E-state index contributed by atoms with van der Waals surface area (Å²) in [6, 6.07) is 8.92. The zero-order valence-electron chi connectivity index (χ0n) is 14.5. The van der Waals surface area contributed by atoms with Crippen LogP contribution in [0.15, 0.2) is 35.7 Å². The lowest BCUT2D eigenvalue weighted by Gasteiger charge is -2.30. The van der Waals surface area contributed by atoms with Crippen molar-refractivity contribution in [3.05, 3.63) is 56.7 Å². The van der Waals surface area contributed by atoms with Crippen LogP contribution in [-0.2, 0) is 23.3 Å². The molecule has 1 fully saturated rings. The molecular weight excluding hydrogens is 370 g/mol. The number of amides is 3. The second-order valence-corrected chi connectivity index (χ2v) is 8.18. The molecule has 7 heteroatoms. The fourth-order valence-electron chi connectivity index (χ4n) is 3.76. The maximum atomic E-state index is 13.2. The third-order valence-electron chi connectivity index (χ3n) is 5.27. The summed E-state index contributed by atoms with van der Waals surface area (Å²) < 4.78 is 0. The monoisotopic (exact) mass is 389 g/mol. The summed E-state index contributed by atoms with van der Waals surface area (Å²) in [6.45, 7) is 3.85. The van der Waals surface area contributed by atoms with Crippen LogP contribution in [0.1, 0.15) is 29.3 Å². The van der Waals surface area contributed by atoms with Crippen molar-refractivity contribution in [3.8, 4) is 0 Å². The number of halogens is 1. The minimum Gasteiger partial charge on any atom is -0.319 e. The first-order valence-corrected chi connectivity index (χ1v) is 9.97. The van der Waals surface area contributed by atoms with Crippen molar-refractivity contribution in [3.63, 3.8) is 0 Å². The highest BCUT2D eigenvalue weighted by Crippen LogP contribution is 2.33. The molecule has 1 aromatic heterocycles. The number of benzene rings is 1. The number of hydrogen-bond donors (Lipinski definition) is 1. The molecule has 0 saturated carbocycles. The molecular formula is C19H20ClN3O2S. The topological polar surface area (TPSA) is 52.7 Å². The van der Waals surface area contributed by atoms with Crippen molar-refractivity contribution in [2.24, 2.45) is 0 Å². The molecule has 3 amide bonds. The van der Waals surface area contributed by atoms with E-state index in [0.29, 0.717) is 18.1 Å². The standard InChI is InChI=1S/C19H20ClN3O2S/c1-2-19(14-3-5-15(20)6-4-14)17(24)23(18(25)21-19)12-22-9-7-16-13(11-22)8-10-26-16/h3-6,8,10H,2,7,9,11-12H2,1H3,(H,21,25). The van der Waals surface area contributed by atoms with Gasteiger partial charge in [-0.25, -0.2) is 9.69 Å². The van der Waals surface area contributed by atoms with E-state index in [2.05, 4.69) is 21.7 Å². The fourth-order valence-corrected chi connectivity index (χ4v) is 4.77. The zero-order chi connectivity index (χ0) is 18.3. The Hall–Kier alpha value is -1.89. The van der Waals surface area contributed by atoms with E-state index in [0.717, 1.165) is 25.1 Å². The van der Waals surface area contributed by atoms with Crippen LogP contribution in [-0.4, -0.2) is 35.0 Å². The quantitative estimate of drug-likeness (QED) is 0.813. The van der Waals surface area contributed by atoms with Gasteiger partial charge in [0.25, 0.3) is 5.91 Å². The van der Waals surface area contributed by atoms with Gasteiger partial charge in [0.1, 0.15) is 5.54 Å². The summed E-state index contributed by atoms with van der Waals surface area (Å²) in [5.74, 6) is -0.191. The van der Waals surface area contributed by atoms with Crippen LogP contribution in [0.5, 0.6) is 0 Å². The van der Waals surface area contributed by atoms with Gasteiger partial charge in [0.05, 0.1) is 6.67 Å². The predicted octanol–water partition coefficient (Wildman–Crippen LogP) is 3.57. The van der Waals surface area contributed by atoms with Crippen LogP contribution in [0.25, 0.3) is 0 Å². The van der Waals surface area contributed by atoms with Gasteiger partial charge in [-0.1, -0.05) is 30.7 Å². The van der Waals surface area contributed by atoms with E-state index in [-0.39, 0.29) is 11.9 Å². The molecule has 2 aliphatic heterocycles. The molecule has 1 atom stereocenters. The first-order valence-electron chi connectivity index (χ1n) is 8.71. The number of urea groups is 1. The lowest BCUT2D eigenvalue weighted by atomic mass is 9.87. The van der Waals surface area contributed by atoms with Crippen molar-refractivity contribution >= 4 is 34.9 Å². The summed E-state index contributed by atoms with van der Waals surface area (Å²) in [5, 5.41) is 5.63. The number of carbonyl (C=O) groups is 2. The van der Waals surface area contributed by atoms with E-state index in [1.54, 1.807) is 23.5 Å². The van der Waals surface area contributed by atoms with Gasteiger partial charge >= 0.3 is 6.03 Å². The number of imide groups is 1. The van der Waals surface area contributed by atoms with Crippen LogP contribution >= 0.6 is 22.9 Å². The molecule has 0 spiro atoms. The predicted molar refractivity (Wildman–Crippen MR) is 102 cm³/mol. The molecule has 136 valence electrons. The summed E-state index contributed by atoms with van der Waals surface area (Å²) in [6.07, 6.45) is 1.46. The number of thiophene rings is 1. The summed E-state index contributed by atoms with van der Waals surface area (Å²) in [5.41, 5.74) is 1.06. The van der Waals surface area contributed by atoms with Gasteiger partial charge in [-0.05, 0) is 47.5 Å². The van der Waals surface area contributed by atoms with Crippen LogP contribution in [0.3, 0.4) is 0 Å². The molecule has 1 saturated heterocycles. The fraction of sp³-hybridized carbons (Fsp3) is 0.368. The van der Waals surface area contributed by atoms with Gasteiger partial charge < -0.3 is 5.32 Å². The third-order valence-corrected chi connectivity index (χ3v) is 6.55. The first-order chi connectivity index (χ1) is 12.5. The molecule has 1 unspecified atom stereocenters. The van der Waals surface area contributed by atoms with Gasteiger partial charge in [0.15, 0.2) is 0 Å². The Balaban J connectivity index is 1.56. The number of nitrogens with zero attached hydrogens (tertiary/aromatic N) is 2. The molecule has 26 heavy (non-hydrogen) atoms. The van der Waals surface area contributed by atoms with Gasteiger partial charge in [-0.2, -0.15) is 0 Å². The Bertz CT molecular complexity index is 851. The molecule has 0 bridgehead atoms. The first kappa shape index (κ1) is 17.5. The van der Waals surface area contributed by atoms with Crippen LogP contribution in [0.4, 0.5) is 4.79 Å². The van der Waals surface area contributed by atoms with Crippen LogP contribution in [0, 0.1) is 0 Å². The minimum absolute atomic E-state index is 0.191. The minimum atomic E-state index is -1.01. The second kappa shape index (κ2) is 6.68. The van der Waals surface area contributed by atoms with E-state index in [1.807, 2.05) is 19.1 Å². The SMILES string of the molecule is CCC1(c2ccc(Cl)cc2)NC(=O)N(CN2CCc3sccc3C2)C1=O. The highest BCUT2D eigenvalue weighted by atomic mass is 35.5. The Morgan fingerprint density at radius 2 is 2.00 bits per heavy atom. The number of carbonyl (C=O) groups excluding carboxylic acids is 2. The Labute approximate surface area is 161 Å². The van der Waals surface area contributed by atoms with Gasteiger partial charge in [0.2, 0.25) is 0 Å². The van der Waals surface area contributed by atoms with Crippen molar-refractivity contribution in [1.29, 1.82) is 0 Å². The van der Waals surface area contributed by atoms with Crippen molar-refractivity contribution in [1.82, 2.24) is 15.1 Å². The van der Waals surface area contributed by atoms with Crippen LogP contribution in [0.2, 0.25) is 5.02 Å². The molecule has 2 aromatic rings. The highest BCUT2D eigenvalue weighted by molar-refractivity contribution is 7.10. The van der Waals surface area contributed by atoms with E-state index in [9.17, 15) is 9.59 Å². The largest absolute Gasteiger partial charge is 0.326 e. The average Bonchev–Trinajstić information content (AvgIpc) is 3.20. The lowest BCUT2D eigenvalue weighted by Crippen LogP contribution is -2.46. The van der Waals surface area contributed by atoms with E-state index in [1.165, 1.54) is 15.3 Å². The average molecular weight is 390 g/mol. The number of hydrogen-bond acceptors (Lipinski definition) is 4. The van der Waals surface area contributed by atoms with Crippen molar-refractivity contribution in [2.75, 3.05) is 13.2 Å². The van der Waals surface area contributed by atoms with E-state index in [4.69, 9.17) is 11.6 Å². The van der Waals surface area contributed by atoms with E-state index < -0.39 is 5.54 Å². The summed E-state index contributed by atoms with van der Waals surface area (Å²) >= 11 is 7.75. The molecule has 1 N–H and O–H groups in total. The summed E-state index contributed by atoms with van der Waals surface area (Å²) in [7, 11) is 0. The molecule has 0 radical (unpaired) electrons. The molecule has 1 aromatic carbocycles. The maximum absolute atomic E-state index is 13.2. The number of fused-ring (bicyclic) bond motifs is 1. The van der Waals surface area contributed by atoms with Crippen molar-refractivity contribution < 1.29 is 9.59 Å². The molecule has 2 aliphatic rings. The van der Waals surface area contributed by atoms with Gasteiger partial charge in [-0.15, -0.1) is 11.3 Å². The smallest absolute Gasteiger partial charge is 0.319 e. The maximum Gasteiger partial charge on any atom is 0.326 e. The summed E-state index contributed by atoms with van der Waals surface area (Å²) in [4.78, 5) is 30.7. The van der Waals surface area contributed by atoms with Crippen LogP contribution < -0.4 is 5.32 Å². The number of nitrogens with one attached hydrogen (secondary N) is 1.